The molecule has 0 fully saturated rings. The van der Waals surface area contributed by atoms with Crippen molar-refractivity contribution in [2.45, 2.75) is 13.3 Å². The molecule has 3 nitrogen and oxygen atoms in total. The molecule has 1 aromatic carbocycles. The first kappa shape index (κ1) is 11.6. The van der Waals surface area contributed by atoms with Crippen LogP contribution >= 0.6 is 0 Å². The highest BCUT2D eigenvalue weighted by Crippen LogP contribution is 2.24. The third kappa shape index (κ3) is 2.30. The van der Waals surface area contributed by atoms with Crippen LogP contribution in [0.3, 0.4) is 0 Å². The van der Waals surface area contributed by atoms with Crippen molar-refractivity contribution < 1.29 is 13.2 Å². The van der Waals surface area contributed by atoms with E-state index in [-0.39, 0.29) is 5.52 Å². The number of nitrogens with zero attached hydrogens (tertiary/aromatic N) is 2. The minimum absolute atomic E-state index is 0.172. The van der Waals surface area contributed by atoms with Crippen molar-refractivity contribution in [3.63, 3.8) is 0 Å². The summed E-state index contributed by atoms with van der Waals surface area (Å²) in [5.74, 6) is -0.814. The zero-order valence-electron chi connectivity index (χ0n) is 9.04. The molecule has 0 aliphatic carbocycles. The molecule has 0 amide bonds. The van der Waals surface area contributed by atoms with Gasteiger partial charge in [0, 0.05) is 18.0 Å². The van der Waals surface area contributed by atoms with E-state index in [4.69, 9.17) is 0 Å². The molecule has 90 valence electrons. The number of aromatic nitrogens is 2. The summed E-state index contributed by atoms with van der Waals surface area (Å²) in [6.45, 7) is 2.35. The van der Waals surface area contributed by atoms with E-state index in [1.54, 1.807) is 0 Å². The average Bonchev–Trinajstić information content (AvgIpc) is 2.28. The second-order valence-electron chi connectivity index (χ2n) is 3.42. The molecule has 0 spiro atoms. The Bertz CT molecular complexity index is 543. The quantitative estimate of drug-likeness (QED) is 0.897. The highest BCUT2D eigenvalue weighted by Gasteiger charge is 2.15. The van der Waals surface area contributed by atoms with E-state index in [0.717, 1.165) is 6.07 Å². The van der Waals surface area contributed by atoms with Gasteiger partial charge in [-0.25, -0.2) is 23.1 Å². The molecule has 0 unspecified atom stereocenters. The molecule has 1 aromatic heterocycles. The summed E-state index contributed by atoms with van der Waals surface area (Å²) in [6, 6.07) is 3.83. The summed E-state index contributed by atoms with van der Waals surface area (Å²) in [7, 11) is 0. The molecule has 2 rings (SSSR count). The molecule has 2 aromatic rings. The minimum atomic E-state index is -2.78. The molecular weight excluding hydrogens is 231 g/mol. The fourth-order valence-electron chi connectivity index (χ4n) is 1.52. The SMILES string of the molecule is CCNc1nc(C(F)F)nc2cc(F)ccc12. The average molecular weight is 241 g/mol. The van der Waals surface area contributed by atoms with Gasteiger partial charge in [0.2, 0.25) is 0 Å². The summed E-state index contributed by atoms with van der Waals surface area (Å²) in [4.78, 5) is 7.36. The van der Waals surface area contributed by atoms with Gasteiger partial charge in [-0.3, -0.25) is 0 Å². The van der Waals surface area contributed by atoms with Crippen LogP contribution in [-0.4, -0.2) is 16.5 Å². The van der Waals surface area contributed by atoms with Gasteiger partial charge in [-0.15, -0.1) is 0 Å². The second-order valence-corrected chi connectivity index (χ2v) is 3.42. The lowest BCUT2D eigenvalue weighted by molar-refractivity contribution is 0.141. The monoisotopic (exact) mass is 241 g/mol. The van der Waals surface area contributed by atoms with E-state index in [1.165, 1.54) is 12.1 Å². The molecule has 6 heteroatoms. The zero-order valence-corrected chi connectivity index (χ0v) is 9.04. The minimum Gasteiger partial charge on any atom is -0.370 e. The van der Waals surface area contributed by atoms with Gasteiger partial charge in [0.15, 0.2) is 5.82 Å². The number of halogens is 3. The number of anilines is 1. The molecule has 1 heterocycles. The summed E-state index contributed by atoms with van der Waals surface area (Å²) < 4.78 is 38.2. The topological polar surface area (TPSA) is 37.8 Å². The number of hydrogen-bond donors (Lipinski definition) is 1. The molecule has 0 atom stereocenters. The van der Waals surface area contributed by atoms with Crippen LogP contribution < -0.4 is 5.32 Å². The maximum Gasteiger partial charge on any atom is 0.297 e. The van der Waals surface area contributed by atoms with Gasteiger partial charge < -0.3 is 5.32 Å². The molecule has 0 saturated carbocycles. The van der Waals surface area contributed by atoms with E-state index < -0.39 is 18.1 Å². The zero-order chi connectivity index (χ0) is 12.4. The van der Waals surface area contributed by atoms with Crippen LogP contribution in [0.1, 0.15) is 19.2 Å². The van der Waals surface area contributed by atoms with Gasteiger partial charge in [-0.05, 0) is 19.1 Å². The molecule has 0 radical (unpaired) electrons. The summed E-state index contributed by atoms with van der Waals surface area (Å²) in [6.07, 6.45) is -2.78. The van der Waals surface area contributed by atoms with Crippen LogP contribution in [0, 0.1) is 5.82 Å². The fraction of sp³-hybridized carbons (Fsp3) is 0.273. The van der Waals surface area contributed by atoms with Crippen molar-refractivity contribution in [2.24, 2.45) is 0 Å². The first-order valence-electron chi connectivity index (χ1n) is 5.11. The first-order valence-corrected chi connectivity index (χ1v) is 5.11. The lowest BCUT2D eigenvalue weighted by atomic mass is 10.2. The molecule has 0 saturated heterocycles. The van der Waals surface area contributed by atoms with Crippen LogP contribution in [0.15, 0.2) is 18.2 Å². The van der Waals surface area contributed by atoms with Crippen LogP contribution in [0.5, 0.6) is 0 Å². The van der Waals surface area contributed by atoms with Gasteiger partial charge in [0.25, 0.3) is 6.43 Å². The van der Waals surface area contributed by atoms with E-state index in [0.29, 0.717) is 17.7 Å². The lowest BCUT2D eigenvalue weighted by Gasteiger charge is -2.08. The van der Waals surface area contributed by atoms with Crippen LogP contribution in [0.2, 0.25) is 0 Å². The summed E-state index contributed by atoms with van der Waals surface area (Å²) >= 11 is 0. The number of benzene rings is 1. The Labute approximate surface area is 95.7 Å². The molecule has 0 aliphatic heterocycles. The van der Waals surface area contributed by atoms with Gasteiger partial charge >= 0.3 is 0 Å². The number of fused-ring (bicyclic) bond motifs is 1. The molecule has 17 heavy (non-hydrogen) atoms. The van der Waals surface area contributed by atoms with Crippen molar-refractivity contribution in [3.8, 4) is 0 Å². The predicted octanol–water partition coefficient (Wildman–Crippen LogP) is 3.14. The van der Waals surface area contributed by atoms with Crippen molar-refractivity contribution in [1.29, 1.82) is 0 Å². The highest BCUT2D eigenvalue weighted by molar-refractivity contribution is 5.89. The normalized spacial score (nSPS) is 11.1. The van der Waals surface area contributed by atoms with Gasteiger partial charge in [-0.2, -0.15) is 0 Å². The standard InChI is InChI=1S/C11H10F3N3/c1-2-15-10-7-4-3-6(12)5-8(7)16-11(17-10)9(13)14/h3-5,9H,2H2,1H3,(H,15,16,17). The largest absolute Gasteiger partial charge is 0.370 e. The van der Waals surface area contributed by atoms with Gasteiger partial charge in [0.05, 0.1) is 5.52 Å². The Morgan fingerprint density at radius 1 is 1.29 bits per heavy atom. The maximum atomic E-state index is 13.0. The molecule has 0 bridgehead atoms. The number of alkyl halides is 2. The van der Waals surface area contributed by atoms with E-state index >= 15 is 0 Å². The number of nitrogens with one attached hydrogen (secondary N) is 1. The first-order chi connectivity index (χ1) is 8.11. The fourth-order valence-corrected chi connectivity index (χ4v) is 1.52. The maximum absolute atomic E-state index is 13.0. The number of rotatable bonds is 3. The van der Waals surface area contributed by atoms with Crippen molar-refractivity contribution in [2.75, 3.05) is 11.9 Å². The Kier molecular flexibility index (Phi) is 3.12. The predicted molar refractivity (Wildman–Crippen MR) is 58.6 cm³/mol. The Morgan fingerprint density at radius 3 is 2.71 bits per heavy atom. The van der Waals surface area contributed by atoms with Crippen molar-refractivity contribution >= 4 is 16.7 Å². The highest BCUT2D eigenvalue weighted by atomic mass is 19.3. The number of hydrogen-bond acceptors (Lipinski definition) is 3. The van der Waals surface area contributed by atoms with E-state index in [1.807, 2.05) is 6.92 Å². The third-order valence-electron chi connectivity index (χ3n) is 2.22. The second kappa shape index (κ2) is 4.57. The van der Waals surface area contributed by atoms with Crippen LogP contribution in [0.25, 0.3) is 10.9 Å². The van der Waals surface area contributed by atoms with Gasteiger partial charge in [-0.1, -0.05) is 0 Å². The van der Waals surface area contributed by atoms with Crippen LogP contribution in [-0.2, 0) is 0 Å². The lowest BCUT2D eigenvalue weighted by Crippen LogP contribution is -2.05. The molecule has 0 aliphatic rings. The smallest absolute Gasteiger partial charge is 0.297 e. The van der Waals surface area contributed by atoms with Crippen molar-refractivity contribution in [1.82, 2.24) is 9.97 Å². The van der Waals surface area contributed by atoms with Crippen molar-refractivity contribution in [3.05, 3.63) is 29.8 Å². The summed E-state index contributed by atoms with van der Waals surface area (Å²) in [5.41, 5.74) is 0.172. The Morgan fingerprint density at radius 2 is 2.06 bits per heavy atom. The molecule has 1 N–H and O–H groups in total. The van der Waals surface area contributed by atoms with E-state index in [9.17, 15) is 13.2 Å². The Balaban J connectivity index is 2.67. The Hall–Kier alpha value is -1.85. The summed E-state index contributed by atoms with van der Waals surface area (Å²) in [5, 5.41) is 3.38. The molecular formula is C11H10F3N3. The van der Waals surface area contributed by atoms with E-state index in [2.05, 4.69) is 15.3 Å². The third-order valence-corrected chi connectivity index (χ3v) is 2.22. The van der Waals surface area contributed by atoms with Crippen LogP contribution in [0.4, 0.5) is 19.0 Å². The van der Waals surface area contributed by atoms with Gasteiger partial charge in [0.1, 0.15) is 11.6 Å².